The maximum Gasteiger partial charge on any atom is 0.573 e. The molecule has 3 aromatic carbocycles. The summed E-state index contributed by atoms with van der Waals surface area (Å²) in [6.45, 7) is -0.473. The summed E-state index contributed by atoms with van der Waals surface area (Å²) in [7, 11) is 0. The van der Waals surface area contributed by atoms with Crippen molar-refractivity contribution < 1.29 is 44.3 Å². The third-order valence-electron chi connectivity index (χ3n) is 6.04. The van der Waals surface area contributed by atoms with Crippen molar-refractivity contribution in [3.63, 3.8) is 0 Å². The Labute approximate surface area is 212 Å². The maximum atomic E-state index is 13.4. The van der Waals surface area contributed by atoms with Gasteiger partial charge in [0, 0.05) is 19.6 Å². The van der Waals surface area contributed by atoms with E-state index in [0.717, 1.165) is 18.2 Å². The molecule has 38 heavy (non-hydrogen) atoms. The average molecular weight is 548 g/mol. The first-order valence-corrected chi connectivity index (χ1v) is 11.4. The Kier molecular flexibility index (Phi) is 7.44. The SMILES string of the molecule is FC(F)(F)CCN1c2ccccc2N(Cc2cccc(OC(F)(F)F)c2)C[C@H]1c1cccc(C(F)(F)F)c1. The van der Waals surface area contributed by atoms with Crippen LogP contribution in [-0.4, -0.2) is 25.6 Å². The van der Waals surface area contributed by atoms with E-state index in [1.54, 1.807) is 35.2 Å². The van der Waals surface area contributed by atoms with Gasteiger partial charge in [0.05, 0.1) is 29.4 Å². The molecule has 0 saturated carbocycles. The van der Waals surface area contributed by atoms with E-state index in [1.165, 1.54) is 29.2 Å². The normalized spacial score (nSPS) is 16.4. The lowest BCUT2D eigenvalue weighted by Crippen LogP contribution is -2.44. The van der Waals surface area contributed by atoms with Crippen LogP contribution in [0.4, 0.5) is 50.9 Å². The molecule has 1 aliphatic heterocycles. The Balaban J connectivity index is 1.73. The van der Waals surface area contributed by atoms with E-state index in [-0.39, 0.29) is 18.7 Å². The van der Waals surface area contributed by atoms with Crippen LogP contribution in [0.25, 0.3) is 0 Å². The van der Waals surface area contributed by atoms with E-state index < -0.39 is 49.0 Å². The molecule has 0 N–H and O–H groups in total. The third kappa shape index (κ3) is 6.84. The zero-order valence-corrected chi connectivity index (χ0v) is 19.5. The Morgan fingerprint density at radius 1 is 0.763 bits per heavy atom. The van der Waals surface area contributed by atoms with Crippen molar-refractivity contribution in [2.24, 2.45) is 0 Å². The van der Waals surface area contributed by atoms with Crippen LogP contribution in [0.1, 0.15) is 29.2 Å². The lowest BCUT2D eigenvalue weighted by Gasteiger charge is -2.45. The first-order chi connectivity index (χ1) is 17.7. The van der Waals surface area contributed by atoms with Crippen LogP contribution in [0, 0.1) is 0 Å². The number of alkyl halides is 9. The summed E-state index contributed by atoms with van der Waals surface area (Å²) >= 11 is 0. The van der Waals surface area contributed by atoms with Crippen LogP contribution in [0.5, 0.6) is 5.75 Å². The number of benzene rings is 3. The Bertz CT molecular complexity index is 1250. The second kappa shape index (κ2) is 10.3. The van der Waals surface area contributed by atoms with Gasteiger partial charge in [0.25, 0.3) is 0 Å². The fraction of sp³-hybridized carbons (Fsp3) is 0.308. The molecule has 1 atom stereocenters. The highest BCUT2D eigenvalue weighted by atomic mass is 19.4. The van der Waals surface area contributed by atoms with Gasteiger partial charge in [-0.05, 0) is 47.5 Å². The number of para-hydroxylation sites is 2. The Hall–Kier alpha value is -3.57. The van der Waals surface area contributed by atoms with Crippen molar-refractivity contribution in [3.8, 4) is 5.75 Å². The smallest absolute Gasteiger partial charge is 0.406 e. The standard InChI is InChI=1S/C26H21F9N2O/c27-24(28,29)11-12-37-22-10-2-1-9-21(22)36(15-17-5-3-8-20(13-17)38-26(33,34)35)16-23(37)18-6-4-7-19(14-18)25(30,31)32/h1-10,13-14,23H,11-12,15-16H2/t23-/m0/s1. The number of halogens is 9. The molecule has 12 heteroatoms. The predicted octanol–water partition coefficient (Wildman–Crippen LogP) is 8.12. The summed E-state index contributed by atoms with van der Waals surface area (Å²) in [5.74, 6) is -0.443. The van der Waals surface area contributed by atoms with Gasteiger partial charge in [-0.1, -0.05) is 36.4 Å². The summed E-state index contributed by atoms with van der Waals surface area (Å²) in [6.07, 6.45) is -15.2. The number of nitrogens with zero attached hydrogens (tertiary/aromatic N) is 2. The second-order valence-electron chi connectivity index (χ2n) is 8.76. The zero-order chi connectivity index (χ0) is 27.7. The molecule has 3 nitrogen and oxygen atoms in total. The minimum absolute atomic E-state index is 0.0134. The highest BCUT2D eigenvalue weighted by Gasteiger charge is 2.37. The molecule has 0 unspecified atom stereocenters. The van der Waals surface area contributed by atoms with Gasteiger partial charge in [-0.25, -0.2) is 0 Å². The van der Waals surface area contributed by atoms with Crippen LogP contribution in [0.3, 0.4) is 0 Å². The molecule has 0 aliphatic carbocycles. The molecule has 0 amide bonds. The topological polar surface area (TPSA) is 15.7 Å². The molecule has 0 fully saturated rings. The van der Waals surface area contributed by atoms with E-state index >= 15 is 0 Å². The molecular weight excluding hydrogens is 527 g/mol. The summed E-state index contributed by atoms with van der Waals surface area (Å²) < 4.78 is 122. The molecular formula is C26H21F9N2O. The third-order valence-corrected chi connectivity index (χ3v) is 6.04. The van der Waals surface area contributed by atoms with Gasteiger partial charge >= 0.3 is 18.7 Å². The highest BCUT2D eigenvalue weighted by Crippen LogP contribution is 2.43. The first-order valence-electron chi connectivity index (χ1n) is 11.4. The summed E-state index contributed by atoms with van der Waals surface area (Å²) in [5.41, 5.74) is 0.505. The number of ether oxygens (including phenoxy) is 1. The van der Waals surface area contributed by atoms with Gasteiger partial charge in [-0.2, -0.15) is 26.3 Å². The summed E-state index contributed by atoms with van der Waals surface area (Å²) in [4.78, 5) is 3.15. The van der Waals surface area contributed by atoms with E-state index in [4.69, 9.17) is 0 Å². The van der Waals surface area contributed by atoms with E-state index in [1.807, 2.05) is 0 Å². The quantitative estimate of drug-likeness (QED) is 0.290. The molecule has 4 rings (SSSR count). The lowest BCUT2D eigenvalue weighted by atomic mass is 9.97. The molecule has 0 aromatic heterocycles. The van der Waals surface area contributed by atoms with Crippen LogP contribution < -0.4 is 14.5 Å². The van der Waals surface area contributed by atoms with Crippen LogP contribution in [0.15, 0.2) is 72.8 Å². The van der Waals surface area contributed by atoms with Crippen LogP contribution in [-0.2, 0) is 12.7 Å². The number of hydrogen-bond donors (Lipinski definition) is 0. The molecule has 1 aliphatic rings. The van der Waals surface area contributed by atoms with Gasteiger partial charge in [-0.3, -0.25) is 0 Å². The zero-order valence-electron chi connectivity index (χ0n) is 19.5. The molecule has 204 valence electrons. The first kappa shape index (κ1) is 27.5. The van der Waals surface area contributed by atoms with Gasteiger partial charge < -0.3 is 14.5 Å². The van der Waals surface area contributed by atoms with Crippen molar-refractivity contribution in [1.29, 1.82) is 0 Å². The van der Waals surface area contributed by atoms with Gasteiger partial charge in [0.1, 0.15) is 5.75 Å². The Morgan fingerprint density at radius 2 is 1.45 bits per heavy atom. The lowest BCUT2D eigenvalue weighted by molar-refractivity contribution is -0.274. The number of anilines is 2. The van der Waals surface area contributed by atoms with Crippen molar-refractivity contribution in [2.45, 2.75) is 37.7 Å². The van der Waals surface area contributed by atoms with Gasteiger partial charge in [0.2, 0.25) is 0 Å². The molecule has 0 spiro atoms. The largest absolute Gasteiger partial charge is 0.573 e. The molecule has 0 bridgehead atoms. The van der Waals surface area contributed by atoms with E-state index in [9.17, 15) is 39.5 Å². The Morgan fingerprint density at radius 3 is 2.11 bits per heavy atom. The number of rotatable bonds is 6. The fourth-order valence-corrected chi connectivity index (χ4v) is 4.49. The van der Waals surface area contributed by atoms with Crippen molar-refractivity contribution >= 4 is 11.4 Å². The number of hydrogen-bond acceptors (Lipinski definition) is 3. The van der Waals surface area contributed by atoms with E-state index in [2.05, 4.69) is 4.74 Å². The van der Waals surface area contributed by atoms with Crippen molar-refractivity contribution in [2.75, 3.05) is 22.9 Å². The minimum atomic E-state index is -4.90. The fourth-order valence-electron chi connectivity index (χ4n) is 4.49. The molecule has 0 saturated heterocycles. The average Bonchev–Trinajstić information content (AvgIpc) is 2.81. The molecule has 0 radical (unpaired) electrons. The van der Waals surface area contributed by atoms with E-state index in [0.29, 0.717) is 16.9 Å². The van der Waals surface area contributed by atoms with Crippen LogP contribution >= 0.6 is 0 Å². The monoisotopic (exact) mass is 548 g/mol. The second-order valence-corrected chi connectivity index (χ2v) is 8.76. The summed E-state index contributed by atoms with van der Waals surface area (Å²) in [5, 5.41) is 0. The molecule has 1 heterocycles. The van der Waals surface area contributed by atoms with Crippen molar-refractivity contribution in [1.82, 2.24) is 0 Å². The predicted molar refractivity (Wildman–Crippen MR) is 123 cm³/mol. The summed E-state index contributed by atoms with van der Waals surface area (Å²) in [6, 6.07) is 15.2. The van der Waals surface area contributed by atoms with Gasteiger partial charge in [-0.15, -0.1) is 13.2 Å². The molecule has 3 aromatic rings. The van der Waals surface area contributed by atoms with Crippen molar-refractivity contribution in [3.05, 3.63) is 89.5 Å². The van der Waals surface area contributed by atoms with Crippen LogP contribution in [0.2, 0.25) is 0 Å². The minimum Gasteiger partial charge on any atom is -0.406 e. The maximum absolute atomic E-state index is 13.4. The number of fused-ring (bicyclic) bond motifs is 1. The highest BCUT2D eigenvalue weighted by molar-refractivity contribution is 5.74. The van der Waals surface area contributed by atoms with Gasteiger partial charge in [0.15, 0.2) is 0 Å².